The van der Waals surface area contributed by atoms with Crippen LogP contribution in [0.1, 0.15) is 24.2 Å². The first-order valence-corrected chi connectivity index (χ1v) is 7.71. The Labute approximate surface area is 142 Å². The van der Waals surface area contributed by atoms with E-state index in [1.165, 1.54) is 0 Å². The number of aryl methyl sites for hydroxylation is 1. The summed E-state index contributed by atoms with van der Waals surface area (Å²) in [5.41, 5.74) is 1.76. The van der Waals surface area contributed by atoms with Crippen molar-refractivity contribution < 1.29 is 24.1 Å². The van der Waals surface area contributed by atoms with Gasteiger partial charge in [0.2, 0.25) is 0 Å². The first-order chi connectivity index (χ1) is 11.5. The number of aliphatic hydroxyl groups excluding tert-OH is 1. The molecule has 2 atom stereocenters. The molecule has 5 nitrogen and oxygen atoms in total. The Balaban J connectivity index is 2.19. The highest BCUT2D eigenvalue weighted by Gasteiger charge is 2.21. The van der Waals surface area contributed by atoms with E-state index in [9.17, 15) is 5.11 Å². The molecule has 5 heteroatoms. The van der Waals surface area contributed by atoms with E-state index in [1.807, 2.05) is 25.1 Å². The van der Waals surface area contributed by atoms with E-state index in [0.717, 1.165) is 5.56 Å². The standard InChI is InChI=1S/C19H24O5/c1-12-6-8-16(17(10-12)22-4)24-13(2)19(20)14-7-9-15(21-3)18(11-14)23-5/h6-11,13,19-20H,1-5H3/t13-,19-/m0/s1. The summed E-state index contributed by atoms with van der Waals surface area (Å²) in [5.74, 6) is 2.41. The number of methoxy groups -OCH3 is 3. The zero-order valence-corrected chi connectivity index (χ0v) is 14.7. The van der Waals surface area contributed by atoms with Gasteiger partial charge in [-0.15, -0.1) is 0 Å². The minimum Gasteiger partial charge on any atom is -0.493 e. The summed E-state index contributed by atoms with van der Waals surface area (Å²) in [7, 11) is 4.73. The minimum atomic E-state index is -0.823. The van der Waals surface area contributed by atoms with Gasteiger partial charge in [0.15, 0.2) is 23.0 Å². The van der Waals surface area contributed by atoms with E-state index in [2.05, 4.69) is 0 Å². The van der Waals surface area contributed by atoms with E-state index >= 15 is 0 Å². The molecule has 0 radical (unpaired) electrons. The predicted octanol–water partition coefficient (Wildman–Crippen LogP) is 3.52. The summed E-state index contributed by atoms with van der Waals surface area (Å²) in [6, 6.07) is 11.0. The smallest absolute Gasteiger partial charge is 0.161 e. The van der Waals surface area contributed by atoms with Crippen LogP contribution >= 0.6 is 0 Å². The first kappa shape index (κ1) is 17.9. The summed E-state index contributed by atoms with van der Waals surface area (Å²) in [6.45, 7) is 3.79. The monoisotopic (exact) mass is 332 g/mol. The van der Waals surface area contributed by atoms with Crippen LogP contribution in [0, 0.1) is 6.92 Å². The fourth-order valence-electron chi connectivity index (χ4n) is 2.44. The maximum Gasteiger partial charge on any atom is 0.161 e. The van der Waals surface area contributed by atoms with Crippen LogP contribution in [0.25, 0.3) is 0 Å². The molecule has 0 spiro atoms. The lowest BCUT2D eigenvalue weighted by atomic mass is 10.0. The average molecular weight is 332 g/mol. The van der Waals surface area contributed by atoms with Crippen molar-refractivity contribution in [3.63, 3.8) is 0 Å². The maximum absolute atomic E-state index is 10.6. The zero-order valence-electron chi connectivity index (χ0n) is 14.7. The summed E-state index contributed by atoms with van der Waals surface area (Å²) >= 11 is 0. The van der Waals surface area contributed by atoms with Crippen molar-refractivity contribution >= 4 is 0 Å². The molecule has 0 fully saturated rings. The minimum absolute atomic E-state index is 0.472. The Bertz CT molecular complexity index is 683. The van der Waals surface area contributed by atoms with Crippen molar-refractivity contribution in [3.05, 3.63) is 47.5 Å². The molecule has 0 saturated heterocycles. The molecule has 0 bridgehead atoms. The van der Waals surface area contributed by atoms with Crippen LogP contribution in [-0.4, -0.2) is 32.5 Å². The lowest BCUT2D eigenvalue weighted by molar-refractivity contribution is 0.0450. The molecule has 0 aromatic heterocycles. The highest BCUT2D eigenvalue weighted by atomic mass is 16.5. The zero-order chi connectivity index (χ0) is 17.7. The number of aliphatic hydroxyl groups is 1. The van der Waals surface area contributed by atoms with Crippen molar-refractivity contribution in [2.75, 3.05) is 21.3 Å². The Kier molecular flexibility index (Phi) is 5.93. The van der Waals surface area contributed by atoms with Gasteiger partial charge in [0, 0.05) is 0 Å². The van der Waals surface area contributed by atoms with Crippen LogP contribution in [0.5, 0.6) is 23.0 Å². The van der Waals surface area contributed by atoms with Gasteiger partial charge in [0.25, 0.3) is 0 Å². The highest BCUT2D eigenvalue weighted by Crippen LogP contribution is 2.34. The second kappa shape index (κ2) is 7.93. The van der Waals surface area contributed by atoms with Gasteiger partial charge in [0.05, 0.1) is 21.3 Å². The van der Waals surface area contributed by atoms with Gasteiger partial charge in [-0.1, -0.05) is 12.1 Å². The molecule has 1 N–H and O–H groups in total. The van der Waals surface area contributed by atoms with Crippen LogP contribution < -0.4 is 18.9 Å². The molecule has 24 heavy (non-hydrogen) atoms. The van der Waals surface area contributed by atoms with Gasteiger partial charge < -0.3 is 24.1 Å². The van der Waals surface area contributed by atoms with E-state index < -0.39 is 12.2 Å². The van der Waals surface area contributed by atoms with Crippen LogP contribution in [0.3, 0.4) is 0 Å². The SMILES string of the molecule is COc1ccc([C@@H](O)[C@H](C)Oc2ccc(C)cc2OC)cc1OC. The molecule has 2 rings (SSSR count). The van der Waals surface area contributed by atoms with E-state index in [4.69, 9.17) is 18.9 Å². The molecule has 0 heterocycles. The van der Waals surface area contributed by atoms with Gasteiger partial charge in [0.1, 0.15) is 12.2 Å². The van der Waals surface area contributed by atoms with Gasteiger partial charge in [-0.2, -0.15) is 0 Å². The summed E-state index contributed by atoms with van der Waals surface area (Å²) in [6.07, 6.45) is -1.30. The topological polar surface area (TPSA) is 57.2 Å². The van der Waals surface area contributed by atoms with Crippen LogP contribution in [0.15, 0.2) is 36.4 Å². The van der Waals surface area contributed by atoms with Gasteiger partial charge in [-0.3, -0.25) is 0 Å². The third-order valence-electron chi connectivity index (χ3n) is 3.83. The molecule has 2 aromatic carbocycles. The number of ether oxygens (including phenoxy) is 4. The van der Waals surface area contributed by atoms with Crippen molar-refractivity contribution in [3.8, 4) is 23.0 Å². The molecule has 0 saturated carbocycles. The van der Waals surface area contributed by atoms with Crippen molar-refractivity contribution in [1.29, 1.82) is 0 Å². The Hall–Kier alpha value is -2.40. The average Bonchev–Trinajstić information content (AvgIpc) is 2.61. The number of hydrogen-bond donors (Lipinski definition) is 1. The van der Waals surface area contributed by atoms with Gasteiger partial charge >= 0.3 is 0 Å². The number of rotatable bonds is 7. The second-order valence-electron chi connectivity index (χ2n) is 5.54. The van der Waals surface area contributed by atoms with Crippen LogP contribution in [0.4, 0.5) is 0 Å². The third-order valence-corrected chi connectivity index (χ3v) is 3.83. The number of benzene rings is 2. The van der Waals surface area contributed by atoms with Crippen LogP contribution in [-0.2, 0) is 0 Å². The summed E-state index contributed by atoms with van der Waals surface area (Å²) < 4.78 is 21.7. The predicted molar refractivity (Wildman–Crippen MR) is 92.3 cm³/mol. The lowest BCUT2D eigenvalue weighted by Gasteiger charge is -2.23. The van der Waals surface area contributed by atoms with Gasteiger partial charge in [-0.05, 0) is 49.2 Å². The first-order valence-electron chi connectivity index (χ1n) is 7.71. The molecule has 0 aliphatic rings. The summed E-state index contributed by atoms with van der Waals surface area (Å²) in [4.78, 5) is 0. The Morgan fingerprint density at radius 2 is 1.38 bits per heavy atom. The lowest BCUT2D eigenvalue weighted by Crippen LogP contribution is -2.22. The fraction of sp³-hybridized carbons (Fsp3) is 0.368. The molecule has 0 amide bonds. The normalized spacial score (nSPS) is 13.1. The molecule has 0 unspecified atom stereocenters. The molecular weight excluding hydrogens is 308 g/mol. The van der Waals surface area contributed by atoms with Crippen molar-refractivity contribution in [2.45, 2.75) is 26.1 Å². The molecule has 2 aromatic rings. The largest absolute Gasteiger partial charge is 0.493 e. The van der Waals surface area contributed by atoms with Crippen LogP contribution in [0.2, 0.25) is 0 Å². The molecule has 0 aliphatic carbocycles. The Morgan fingerprint density at radius 3 is 2.00 bits per heavy atom. The third kappa shape index (κ3) is 3.92. The molecular formula is C19H24O5. The Morgan fingerprint density at radius 1 is 0.792 bits per heavy atom. The van der Waals surface area contributed by atoms with E-state index in [1.54, 1.807) is 46.5 Å². The number of hydrogen-bond acceptors (Lipinski definition) is 5. The van der Waals surface area contributed by atoms with Crippen molar-refractivity contribution in [1.82, 2.24) is 0 Å². The summed E-state index contributed by atoms with van der Waals surface area (Å²) in [5, 5.41) is 10.6. The maximum atomic E-state index is 10.6. The van der Waals surface area contributed by atoms with Crippen molar-refractivity contribution in [2.24, 2.45) is 0 Å². The van der Waals surface area contributed by atoms with E-state index in [0.29, 0.717) is 28.6 Å². The van der Waals surface area contributed by atoms with Gasteiger partial charge in [-0.25, -0.2) is 0 Å². The van der Waals surface area contributed by atoms with E-state index in [-0.39, 0.29) is 0 Å². The molecule has 0 aliphatic heterocycles. The molecule has 130 valence electrons. The fourth-order valence-corrected chi connectivity index (χ4v) is 2.44. The second-order valence-corrected chi connectivity index (χ2v) is 5.54. The quantitative estimate of drug-likeness (QED) is 0.841. The highest BCUT2D eigenvalue weighted by molar-refractivity contribution is 5.44.